The molecule has 0 fully saturated rings. The van der Waals surface area contributed by atoms with Gasteiger partial charge in [0.2, 0.25) is 0 Å². The Balaban J connectivity index is 1.69. The summed E-state index contributed by atoms with van der Waals surface area (Å²) in [5, 5.41) is 0. The van der Waals surface area contributed by atoms with E-state index in [9.17, 15) is 4.79 Å². The van der Waals surface area contributed by atoms with E-state index in [2.05, 4.69) is 88.4 Å². The zero-order chi connectivity index (χ0) is 21.3. The molecule has 152 valence electrons. The van der Waals surface area contributed by atoms with Crippen LogP contribution in [-0.4, -0.2) is 5.78 Å². The normalized spacial score (nSPS) is 13.2. The highest BCUT2D eigenvalue weighted by molar-refractivity contribution is 7.16. The van der Waals surface area contributed by atoms with Gasteiger partial charge in [-0.15, -0.1) is 22.7 Å². The van der Waals surface area contributed by atoms with Crippen molar-refractivity contribution in [3.63, 3.8) is 0 Å². The molecule has 0 spiro atoms. The number of Topliss-reactive ketones (excluding diaryl/α,β-unsaturated/α-hetero) is 1. The van der Waals surface area contributed by atoms with E-state index in [4.69, 9.17) is 0 Å². The molecule has 2 unspecified atom stereocenters. The third-order valence-corrected chi connectivity index (χ3v) is 7.86. The van der Waals surface area contributed by atoms with Crippen LogP contribution in [0.2, 0.25) is 0 Å². The summed E-state index contributed by atoms with van der Waals surface area (Å²) in [5.74, 6) is -0.0204. The molecule has 0 aliphatic heterocycles. The van der Waals surface area contributed by atoms with Crippen LogP contribution < -0.4 is 0 Å². The number of hydrogen-bond acceptors (Lipinski definition) is 3. The summed E-state index contributed by atoms with van der Waals surface area (Å²) in [7, 11) is 0. The molecule has 4 aromatic rings. The highest BCUT2D eigenvalue weighted by Crippen LogP contribution is 2.42. The van der Waals surface area contributed by atoms with E-state index in [0.29, 0.717) is 0 Å². The Morgan fingerprint density at radius 1 is 0.667 bits per heavy atom. The monoisotopic (exact) mass is 430 g/mol. The maximum atomic E-state index is 13.6. The van der Waals surface area contributed by atoms with Crippen molar-refractivity contribution in [2.45, 2.75) is 39.5 Å². The summed E-state index contributed by atoms with van der Waals surface area (Å²) in [4.78, 5) is 18.6. The van der Waals surface area contributed by atoms with Crippen molar-refractivity contribution >= 4 is 28.5 Å². The molecule has 4 rings (SSSR count). The van der Waals surface area contributed by atoms with Crippen molar-refractivity contribution in [2.75, 3.05) is 0 Å². The van der Waals surface area contributed by atoms with Gasteiger partial charge in [0.05, 0.1) is 0 Å². The van der Waals surface area contributed by atoms with Gasteiger partial charge < -0.3 is 0 Å². The standard InChI is InChI=1S/C27H26OS2/c1-17-15-23(26(29-17)21-11-7-5-8-12-21)19(3)25(28)20(4)24-16-18(2)30-27(24)22-13-9-6-10-14-22/h5-16,19-20H,1-4H3. The molecular weight excluding hydrogens is 404 g/mol. The Hall–Kier alpha value is -2.49. The van der Waals surface area contributed by atoms with E-state index >= 15 is 0 Å². The van der Waals surface area contributed by atoms with Gasteiger partial charge in [0, 0.05) is 31.3 Å². The van der Waals surface area contributed by atoms with E-state index in [1.807, 2.05) is 12.1 Å². The molecule has 0 aliphatic carbocycles. The van der Waals surface area contributed by atoms with Gasteiger partial charge in [-0.05, 0) is 48.2 Å². The minimum atomic E-state index is -0.149. The lowest BCUT2D eigenvalue weighted by atomic mass is 9.84. The highest BCUT2D eigenvalue weighted by atomic mass is 32.1. The molecule has 1 nitrogen and oxygen atoms in total. The molecule has 30 heavy (non-hydrogen) atoms. The molecule has 2 aromatic heterocycles. The smallest absolute Gasteiger partial charge is 0.147 e. The fourth-order valence-corrected chi connectivity index (χ4v) is 6.25. The maximum absolute atomic E-state index is 13.6. The van der Waals surface area contributed by atoms with Crippen molar-refractivity contribution in [1.29, 1.82) is 0 Å². The van der Waals surface area contributed by atoms with Gasteiger partial charge in [-0.3, -0.25) is 4.79 Å². The van der Waals surface area contributed by atoms with Gasteiger partial charge in [-0.1, -0.05) is 74.5 Å². The largest absolute Gasteiger partial charge is 0.298 e. The van der Waals surface area contributed by atoms with E-state index < -0.39 is 0 Å². The third-order valence-electron chi connectivity index (χ3n) is 5.63. The first-order chi connectivity index (χ1) is 14.5. The summed E-state index contributed by atoms with van der Waals surface area (Å²) in [5.41, 5.74) is 4.67. The van der Waals surface area contributed by atoms with Crippen LogP contribution in [0.3, 0.4) is 0 Å². The molecule has 0 aliphatic rings. The minimum absolute atomic E-state index is 0.149. The quantitative estimate of drug-likeness (QED) is 0.301. The Morgan fingerprint density at radius 3 is 1.40 bits per heavy atom. The molecule has 2 aromatic carbocycles. The van der Waals surface area contributed by atoms with Gasteiger partial charge in [0.1, 0.15) is 5.78 Å². The molecule has 0 radical (unpaired) electrons. The molecule has 0 amide bonds. The highest BCUT2D eigenvalue weighted by Gasteiger charge is 2.28. The van der Waals surface area contributed by atoms with Crippen LogP contribution in [0.4, 0.5) is 0 Å². The zero-order valence-electron chi connectivity index (χ0n) is 17.8. The molecule has 0 bridgehead atoms. The Kier molecular flexibility index (Phi) is 6.03. The minimum Gasteiger partial charge on any atom is -0.298 e. The van der Waals surface area contributed by atoms with Crippen LogP contribution in [0.15, 0.2) is 72.8 Å². The fourth-order valence-electron chi connectivity index (χ4n) is 4.02. The summed E-state index contributed by atoms with van der Waals surface area (Å²) in [6.07, 6.45) is 0. The van der Waals surface area contributed by atoms with Gasteiger partial charge in [-0.25, -0.2) is 0 Å². The third kappa shape index (κ3) is 4.05. The number of thiophene rings is 2. The number of carbonyl (C=O) groups excluding carboxylic acids is 1. The lowest BCUT2D eigenvalue weighted by molar-refractivity contribution is -0.121. The van der Waals surface area contributed by atoms with Crippen LogP contribution in [0.1, 0.15) is 46.6 Å². The zero-order valence-corrected chi connectivity index (χ0v) is 19.4. The molecule has 0 N–H and O–H groups in total. The van der Waals surface area contributed by atoms with Gasteiger partial charge in [0.15, 0.2) is 0 Å². The van der Waals surface area contributed by atoms with Gasteiger partial charge in [0.25, 0.3) is 0 Å². The Bertz CT molecular complexity index is 1060. The Morgan fingerprint density at radius 2 is 1.03 bits per heavy atom. The Labute approximate surface area is 187 Å². The van der Waals surface area contributed by atoms with E-state index in [1.165, 1.54) is 30.6 Å². The fraction of sp³-hybridized carbons (Fsp3) is 0.222. The van der Waals surface area contributed by atoms with Crippen molar-refractivity contribution in [3.8, 4) is 20.9 Å². The van der Waals surface area contributed by atoms with Crippen LogP contribution in [-0.2, 0) is 4.79 Å². The topological polar surface area (TPSA) is 17.1 Å². The van der Waals surface area contributed by atoms with E-state index in [0.717, 1.165) is 11.1 Å². The number of rotatable bonds is 6. The molecule has 0 saturated carbocycles. The van der Waals surface area contributed by atoms with E-state index in [1.54, 1.807) is 22.7 Å². The lowest BCUT2D eigenvalue weighted by Crippen LogP contribution is -2.16. The number of aryl methyl sites for hydroxylation is 2. The molecule has 2 atom stereocenters. The molecule has 2 heterocycles. The van der Waals surface area contributed by atoms with Crippen molar-refractivity contribution in [2.24, 2.45) is 0 Å². The van der Waals surface area contributed by atoms with Crippen molar-refractivity contribution in [3.05, 3.63) is 93.7 Å². The summed E-state index contributed by atoms with van der Waals surface area (Å²) in [6.45, 7) is 8.37. The number of carbonyl (C=O) groups is 1. The summed E-state index contributed by atoms with van der Waals surface area (Å²) >= 11 is 3.55. The molecule has 0 saturated heterocycles. The van der Waals surface area contributed by atoms with Crippen LogP contribution in [0.25, 0.3) is 20.9 Å². The summed E-state index contributed by atoms with van der Waals surface area (Å²) in [6, 6.07) is 25.2. The molecule has 3 heteroatoms. The second-order valence-electron chi connectivity index (χ2n) is 7.86. The number of ketones is 1. The average Bonchev–Trinajstić information content (AvgIpc) is 3.36. The summed E-state index contributed by atoms with van der Waals surface area (Å²) < 4.78 is 0. The van der Waals surface area contributed by atoms with Crippen LogP contribution >= 0.6 is 22.7 Å². The average molecular weight is 431 g/mol. The predicted molar refractivity (Wildman–Crippen MR) is 131 cm³/mol. The predicted octanol–water partition coefficient (Wildman–Crippen LogP) is 8.24. The number of benzene rings is 2. The first kappa shape index (κ1) is 20.8. The maximum Gasteiger partial charge on any atom is 0.147 e. The van der Waals surface area contributed by atoms with Crippen molar-refractivity contribution in [1.82, 2.24) is 0 Å². The lowest BCUT2D eigenvalue weighted by Gasteiger charge is -2.18. The first-order valence-corrected chi connectivity index (χ1v) is 11.9. The van der Waals surface area contributed by atoms with Crippen LogP contribution in [0.5, 0.6) is 0 Å². The van der Waals surface area contributed by atoms with Crippen molar-refractivity contribution < 1.29 is 4.79 Å². The van der Waals surface area contributed by atoms with Crippen LogP contribution in [0, 0.1) is 13.8 Å². The molecular formula is C27H26OS2. The first-order valence-electron chi connectivity index (χ1n) is 10.3. The van der Waals surface area contributed by atoms with Gasteiger partial charge in [-0.2, -0.15) is 0 Å². The van der Waals surface area contributed by atoms with E-state index in [-0.39, 0.29) is 17.6 Å². The number of hydrogen-bond donors (Lipinski definition) is 0. The van der Waals surface area contributed by atoms with Gasteiger partial charge >= 0.3 is 0 Å². The SMILES string of the molecule is Cc1cc(C(C)C(=O)C(C)c2cc(C)sc2-c2ccccc2)c(-c2ccccc2)s1. The second kappa shape index (κ2) is 8.71. The second-order valence-corrected chi connectivity index (χ2v) is 10.4.